The number of hydrogen-bond donors (Lipinski definition) is 0. The Labute approximate surface area is 145 Å². The lowest BCUT2D eigenvalue weighted by Crippen LogP contribution is -2.13. The van der Waals surface area contributed by atoms with Gasteiger partial charge in [0.1, 0.15) is 5.75 Å². The number of fused-ring (bicyclic) bond motifs is 3. The fraction of sp³-hybridized carbons (Fsp3) is 0.350. The van der Waals surface area contributed by atoms with Crippen LogP contribution in [0.3, 0.4) is 0 Å². The molecule has 0 saturated carbocycles. The van der Waals surface area contributed by atoms with Crippen LogP contribution in [0.2, 0.25) is 0 Å². The first kappa shape index (κ1) is 15.5. The molecule has 2 heterocycles. The molecule has 0 radical (unpaired) electrons. The van der Waals surface area contributed by atoms with Gasteiger partial charge in [0.05, 0.1) is 23.1 Å². The average Bonchev–Trinajstić information content (AvgIpc) is 3.25. The SMILES string of the molecule is CCCOc1cc2c(c3c(=O)c(-c4cccs4)cn(C)c13)CCC2. The van der Waals surface area contributed by atoms with Gasteiger partial charge in [-0.3, -0.25) is 4.79 Å². The first-order chi connectivity index (χ1) is 11.7. The van der Waals surface area contributed by atoms with Crippen molar-refractivity contribution < 1.29 is 4.74 Å². The highest BCUT2D eigenvalue weighted by molar-refractivity contribution is 7.13. The van der Waals surface area contributed by atoms with Gasteiger partial charge < -0.3 is 9.30 Å². The first-order valence-electron chi connectivity index (χ1n) is 8.55. The van der Waals surface area contributed by atoms with Gasteiger partial charge in [-0.05, 0) is 54.3 Å². The second-order valence-electron chi connectivity index (χ2n) is 6.40. The van der Waals surface area contributed by atoms with Gasteiger partial charge in [0, 0.05) is 18.1 Å². The zero-order valence-electron chi connectivity index (χ0n) is 14.1. The monoisotopic (exact) mass is 339 g/mol. The maximum absolute atomic E-state index is 13.3. The number of benzene rings is 1. The lowest BCUT2D eigenvalue weighted by atomic mass is 10.0. The summed E-state index contributed by atoms with van der Waals surface area (Å²) >= 11 is 1.61. The van der Waals surface area contributed by atoms with Crippen LogP contribution in [0.5, 0.6) is 5.75 Å². The Bertz CT molecular complexity index is 954. The van der Waals surface area contributed by atoms with Crippen LogP contribution in [0.25, 0.3) is 21.3 Å². The Morgan fingerprint density at radius 1 is 1.33 bits per heavy atom. The molecule has 1 aromatic carbocycles. The number of ether oxygens (including phenoxy) is 1. The van der Waals surface area contributed by atoms with Crippen molar-refractivity contribution in [3.63, 3.8) is 0 Å². The van der Waals surface area contributed by atoms with Crippen LogP contribution in [0.4, 0.5) is 0 Å². The van der Waals surface area contributed by atoms with E-state index < -0.39 is 0 Å². The van der Waals surface area contributed by atoms with Gasteiger partial charge in [0.15, 0.2) is 5.43 Å². The van der Waals surface area contributed by atoms with Gasteiger partial charge in [-0.1, -0.05) is 13.0 Å². The Morgan fingerprint density at radius 2 is 2.21 bits per heavy atom. The lowest BCUT2D eigenvalue weighted by Gasteiger charge is -2.16. The minimum Gasteiger partial charge on any atom is -0.491 e. The number of aryl methyl sites for hydroxylation is 3. The number of thiophene rings is 1. The molecule has 3 nitrogen and oxygen atoms in total. The standard InChI is InChI=1S/C20H21NO2S/c1-3-9-23-16-11-13-6-4-7-14(13)18-19(16)21(2)12-15(20(18)22)17-8-5-10-24-17/h5,8,10-12H,3-4,6-7,9H2,1-2H3. The van der Waals surface area contributed by atoms with E-state index in [1.165, 1.54) is 11.1 Å². The number of rotatable bonds is 4. The molecule has 0 N–H and O–H groups in total. The minimum absolute atomic E-state index is 0.144. The van der Waals surface area contributed by atoms with Crippen LogP contribution in [0.15, 0.2) is 34.6 Å². The highest BCUT2D eigenvalue weighted by atomic mass is 32.1. The lowest BCUT2D eigenvalue weighted by molar-refractivity contribution is 0.319. The van der Waals surface area contributed by atoms with Crippen molar-refractivity contribution in [2.75, 3.05) is 6.61 Å². The fourth-order valence-corrected chi connectivity index (χ4v) is 4.41. The quantitative estimate of drug-likeness (QED) is 0.698. The largest absolute Gasteiger partial charge is 0.491 e. The van der Waals surface area contributed by atoms with Crippen molar-refractivity contribution >= 4 is 22.2 Å². The molecule has 24 heavy (non-hydrogen) atoms. The van der Waals surface area contributed by atoms with Crippen LogP contribution in [0.1, 0.15) is 30.9 Å². The van der Waals surface area contributed by atoms with Crippen molar-refractivity contribution in [2.45, 2.75) is 32.6 Å². The fourth-order valence-electron chi connectivity index (χ4n) is 3.68. The maximum atomic E-state index is 13.3. The molecule has 0 atom stereocenters. The molecule has 4 rings (SSSR count). The highest BCUT2D eigenvalue weighted by Crippen LogP contribution is 2.36. The van der Waals surface area contributed by atoms with E-state index in [0.717, 1.165) is 52.8 Å². The van der Waals surface area contributed by atoms with Gasteiger partial charge in [-0.25, -0.2) is 0 Å². The zero-order chi connectivity index (χ0) is 16.7. The van der Waals surface area contributed by atoms with E-state index in [9.17, 15) is 4.79 Å². The molecule has 4 heteroatoms. The van der Waals surface area contributed by atoms with E-state index >= 15 is 0 Å². The Kier molecular flexibility index (Phi) is 3.93. The van der Waals surface area contributed by atoms with Crippen LogP contribution < -0.4 is 10.2 Å². The molecule has 0 spiro atoms. The van der Waals surface area contributed by atoms with Gasteiger partial charge in [-0.2, -0.15) is 0 Å². The maximum Gasteiger partial charge on any atom is 0.198 e. The molecule has 0 fully saturated rings. The van der Waals surface area contributed by atoms with Crippen molar-refractivity contribution in [1.82, 2.24) is 4.57 Å². The van der Waals surface area contributed by atoms with Gasteiger partial charge in [-0.15, -0.1) is 11.3 Å². The van der Waals surface area contributed by atoms with Crippen LogP contribution >= 0.6 is 11.3 Å². The summed E-state index contributed by atoms with van der Waals surface area (Å²) < 4.78 is 8.07. The molecule has 0 unspecified atom stereocenters. The summed E-state index contributed by atoms with van der Waals surface area (Å²) in [5.41, 5.74) is 4.39. The molecule has 3 aromatic rings. The minimum atomic E-state index is 0.144. The summed E-state index contributed by atoms with van der Waals surface area (Å²) in [6.45, 7) is 2.78. The Morgan fingerprint density at radius 3 is 2.96 bits per heavy atom. The van der Waals surface area contributed by atoms with E-state index in [0.29, 0.717) is 6.61 Å². The highest BCUT2D eigenvalue weighted by Gasteiger charge is 2.23. The molecule has 1 aliphatic rings. The molecule has 0 aliphatic heterocycles. The summed E-state index contributed by atoms with van der Waals surface area (Å²) in [6.07, 6.45) is 6.06. The number of pyridine rings is 1. The molecule has 0 bridgehead atoms. The second kappa shape index (κ2) is 6.10. The Balaban J connectivity index is 2.07. The van der Waals surface area contributed by atoms with E-state index in [1.807, 2.05) is 30.8 Å². The van der Waals surface area contributed by atoms with Crippen molar-refractivity contribution in [1.29, 1.82) is 0 Å². The third kappa shape index (κ3) is 2.37. The summed E-state index contributed by atoms with van der Waals surface area (Å²) in [7, 11) is 2.01. The van der Waals surface area contributed by atoms with E-state index in [1.54, 1.807) is 11.3 Å². The third-order valence-corrected chi connectivity index (χ3v) is 5.64. The van der Waals surface area contributed by atoms with Crippen LogP contribution in [-0.2, 0) is 19.9 Å². The van der Waals surface area contributed by atoms with Gasteiger partial charge >= 0.3 is 0 Å². The molecule has 0 saturated heterocycles. The Hall–Kier alpha value is -2.07. The molecule has 2 aromatic heterocycles. The van der Waals surface area contributed by atoms with Gasteiger partial charge in [0.25, 0.3) is 0 Å². The van der Waals surface area contributed by atoms with Crippen molar-refractivity contribution in [2.24, 2.45) is 7.05 Å². The van der Waals surface area contributed by atoms with Crippen molar-refractivity contribution in [3.05, 3.63) is 51.1 Å². The average molecular weight is 339 g/mol. The number of nitrogens with zero attached hydrogens (tertiary/aromatic N) is 1. The number of aromatic nitrogens is 1. The summed E-state index contributed by atoms with van der Waals surface area (Å²) in [6, 6.07) is 6.17. The second-order valence-corrected chi connectivity index (χ2v) is 7.35. The topological polar surface area (TPSA) is 31.2 Å². The normalized spacial score (nSPS) is 13.4. The van der Waals surface area contributed by atoms with Crippen LogP contribution in [0, 0.1) is 0 Å². The first-order valence-corrected chi connectivity index (χ1v) is 9.43. The van der Waals surface area contributed by atoms with Gasteiger partial charge in [0.2, 0.25) is 0 Å². The smallest absolute Gasteiger partial charge is 0.198 e. The van der Waals surface area contributed by atoms with E-state index in [2.05, 4.69) is 17.6 Å². The summed E-state index contributed by atoms with van der Waals surface area (Å²) in [5, 5.41) is 2.88. The zero-order valence-corrected chi connectivity index (χ0v) is 14.9. The molecule has 0 amide bonds. The molecular weight excluding hydrogens is 318 g/mol. The summed E-state index contributed by atoms with van der Waals surface area (Å²) in [4.78, 5) is 14.3. The van der Waals surface area contributed by atoms with Crippen molar-refractivity contribution in [3.8, 4) is 16.2 Å². The third-order valence-electron chi connectivity index (χ3n) is 4.73. The predicted molar refractivity (Wildman–Crippen MR) is 100 cm³/mol. The number of hydrogen-bond acceptors (Lipinski definition) is 3. The predicted octanol–water partition coefficient (Wildman–Crippen LogP) is 4.54. The van der Waals surface area contributed by atoms with E-state index in [4.69, 9.17) is 4.74 Å². The molecule has 124 valence electrons. The van der Waals surface area contributed by atoms with Crippen LogP contribution in [-0.4, -0.2) is 11.2 Å². The molecular formula is C20H21NO2S. The molecule has 1 aliphatic carbocycles. The summed E-state index contributed by atoms with van der Waals surface area (Å²) in [5.74, 6) is 0.852. The van der Waals surface area contributed by atoms with E-state index in [-0.39, 0.29) is 5.43 Å².